The van der Waals surface area contributed by atoms with E-state index in [1.165, 1.54) is 0 Å². The van der Waals surface area contributed by atoms with Gasteiger partial charge in [0.25, 0.3) is 0 Å². The molecule has 0 aliphatic rings. The standard InChI is InChI=1S/C12H10BrClN4S/c1-6-4-10(11(15)19)18-12(16-6)17-9-5-7(14)2-3-8(9)13/h2-5H,1H3,(H2,15,19)(H,16,17,18). The summed E-state index contributed by atoms with van der Waals surface area (Å²) in [5.41, 5.74) is 7.66. The minimum Gasteiger partial charge on any atom is -0.388 e. The van der Waals surface area contributed by atoms with Crippen molar-refractivity contribution >= 4 is 56.4 Å². The van der Waals surface area contributed by atoms with E-state index in [0.29, 0.717) is 16.7 Å². The second-order valence-corrected chi connectivity index (χ2v) is 5.56. The molecule has 0 fully saturated rings. The number of thiocarbonyl (C=S) groups is 1. The molecule has 98 valence electrons. The molecule has 0 saturated heterocycles. The summed E-state index contributed by atoms with van der Waals surface area (Å²) >= 11 is 14.3. The number of hydrogen-bond acceptors (Lipinski definition) is 4. The van der Waals surface area contributed by atoms with E-state index >= 15 is 0 Å². The molecule has 0 atom stereocenters. The summed E-state index contributed by atoms with van der Waals surface area (Å²) in [6, 6.07) is 7.14. The molecular weight excluding hydrogens is 348 g/mol. The van der Waals surface area contributed by atoms with Crippen LogP contribution < -0.4 is 11.1 Å². The van der Waals surface area contributed by atoms with E-state index in [4.69, 9.17) is 29.6 Å². The Morgan fingerprint density at radius 1 is 1.37 bits per heavy atom. The normalized spacial score (nSPS) is 10.3. The van der Waals surface area contributed by atoms with Gasteiger partial charge in [-0.1, -0.05) is 23.8 Å². The summed E-state index contributed by atoms with van der Waals surface area (Å²) in [7, 11) is 0. The van der Waals surface area contributed by atoms with Crippen LogP contribution in [0.1, 0.15) is 11.4 Å². The Morgan fingerprint density at radius 2 is 2.11 bits per heavy atom. The van der Waals surface area contributed by atoms with E-state index in [1.807, 2.05) is 13.0 Å². The van der Waals surface area contributed by atoms with Crippen molar-refractivity contribution in [3.8, 4) is 0 Å². The van der Waals surface area contributed by atoms with E-state index in [0.717, 1.165) is 15.9 Å². The number of benzene rings is 1. The fourth-order valence-corrected chi connectivity index (χ4v) is 2.09. The van der Waals surface area contributed by atoms with Gasteiger partial charge in [-0.15, -0.1) is 0 Å². The summed E-state index contributed by atoms with van der Waals surface area (Å²) in [5.74, 6) is 0.422. The van der Waals surface area contributed by atoms with Crippen molar-refractivity contribution in [3.05, 3.63) is 45.1 Å². The number of nitrogens with one attached hydrogen (secondary N) is 1. The van der Waals surface area contributed by atoms with Gasteiger partial charge in [0.15, 0.2) is 0 Å². The summed E-state index contributed by atoms with van der Waals surface area (Å²) < 4.78 is 0.860. The molecule has 7 heteroatoms. The molecule has 0 unspecified atom stereocenters. The van der Waals surface area contributed by atoms with Crippen LogP contribution in [0.5, 0.6) is 0 Å². The Balaban J connectivity index is 2.38. The maximum atomic E-state index is 5.95. The zero-order valence-corrected chi connectivity index (χ0v) is 13.1. The minimum absolute atomic E-state index is 0.235. The Morgan fingerprint density at radius 3 is 2.79 bits per heavy atom. The van der Waals surface area contributed by atoms with E-state index in [-0.39, 0.29) is 4.99 Å². The predicted octanol–water partition coefficient (Wildman–Crippen LogP) is 3.58. The molecule has 2 rings (SSSR count). The van der Waals surface area contributed by atoms with Gasteiger partial charge in [0.2, 0.25) is 5.95 Å². The third-order valence-corrected chi connectivity index (χ3v) is 3.42. The molecule has 0 aliphatic carbocycles. The first-order valence-corrected chi connectivity index (χ1v) is 6.91. The lowest BCUT2D eigenvalue weighted by Gasteiger charge is -2.09. The molecule has 0 bridgehead atoms. The van der Waals surface area contributed by atoms with Crippen LogP contribution in [-0.4, -0.2) is 15.0 Å². The van der Waals surface area contributed by atoms with Crippen LogP contribution >= 0.6 is 39.7 Å². The molecule has 2 aromatic rings. The Labute approximate surface area is 129 Å². The largest absolute Gasteiger partial charge is 0.388 e. The third-order valence-electron chi connectivity index (χ3n) is 2.28. The smallest absolute Gasteiger partial charge is 0.228 e. The van der Waals surface area contributed by atoms with E-state index in [9.17, 15) is 0 Å². The fraction of sp³-hybridized carbons (Fsp3) is 0.0833. The summed E-state index contributed by atoms with van der Waals surface area (Å²) in [6.07, 6.45) is 0. The first-order valence-electron chi connectivity index (χ1n) is 5.33. The topological polar surface area (TPSA) is 63.8 Å². The van der Waals surface area contributed by atoms with Crippen LogP contribution in [0.25, 0.3) is 0 Å². The third kappa shape index (κ3) is 3.62. The highest BCUT2D eigenvalue weighted by molar-refractivity contribution is 9.10. The van der Waals surface area contributed by atoms with Gasteiger partial charge in [0.05, 0.1) is 5.69 Å². The first kappa shape index (κ1) is 14.2. The monoisotopic (exact) mass is 356 g/mol. The first-order chi connectivity index (χ1) is 8.95. The highest BCUT2D eigenvalue weighted by Gasteiger charge is 2.07. The van der Waals surface area contributed by atoms with Gasteiger partial charge < -0.3 is 11.1 Å². The number of nitrogens with zero attached hydrogens (tertiary/aromatic N) is 2. The number of nitrogens with two attached hydrogens (primary N) is 1. The Kier molecular flexibility index (Phi) is 4.34. The zero-order valence-electron chi connectivity index (χ0n) is 9.95. The van der Waals surface area contributed by atoms with Gasteiger partial charge in [-0.2, -0.15) is 0 Å². The summed E-state index contributed by atoms with van der Waals surface area (Å²) in [6.45, 7) is 1.85. The molecule has 1 aromatic carbocycles. The number of anilines is 2. The van der Waals surface area contributed by atoms with E-state index in [2.05, 4.69) is 31.2 Å². The van der Waals surface area contributed by atoms with Crippen LogP contribution in [0.4, 0.5) is 11.6 Å². The number of aryl methyl sites for hydroxylation is 1. The maximum absolute atomic E-state index is 5.95. The van der Waals surface area contributed by atoms with Crippen LogP contribution in [0.3, 0.4) is 0 Å². The Hall–Kier alpha value is -1.24. The molecule has 4 nitrogen and oxygen atoms in total. The van der Waals surface area contributed by atoms with Crippen LogP contribution in [0.15, 0.2) is 28.7 Å². The number of rotatable bonds is 3. The molecule has 1 aromatic heterocycles. The lowest BCUT2D eigenvalue weighted by molar-refractivity contribution is 1.09. The van der Waals surface area contributed by atoms with Crippen LogP contribution in [0.2, 0.25) is 5.02 Å². The highest BCUT2D eigenvalue weighted by Crippen LogP contribution is 2.27. The number of aromatic nitrogens is 2. The quantitative estimate of drug-likeness (QED) is 0.822. The average Bonchev–Trinajstić information content (AvgIpc) is 2.33. The number of halogens is 2. The fourth-order valence-electron chi connectivity index (χ4n) is 1.46. The van der Waals surface area contributed by atoms with Crippen LogP contribution in [0, 0.1) is 6.92 Å². The average molecular weight is 358 g/mol. The molecule has 0 spiro atoms. The molecular formula is C12H10BrClN4S. The molecule has 3 N–H and O–H groups in total. The van der Waals surface area contributed by atoms with Gasteiger partial charge in [0.1, 0.15) is 10.7 Å². The Bertz CT molecular complexity index is 648. The highest BCUT2D eigenvalue weighted by atomic mass is 79.9. The van der Waals surface area contributed by atoms with E-state index < -0.39 is 0 Å². The van der Waals surface area contributed by atoms with Crippen molar-refractivity contribution in [2.75, 3.05) is 5.32 Å². The maximum Gasteiger partial charge on any atom is 0.228 e. The van der Waals surface area contributed by atoms with Crippen molar-refractivity contribution in [1.82, 2.24) is 9.97 Å². The lowest BCUT2D eigenvalue weighted by atomic mass is 10.3. The van der Waals surface area contributed by atoms with Crippen LogP contribution in [-0.2, 0) is 0 Å². The summed E-state index contributed by atoms with van der Waals surface area (Å²) in [5, 5.41) is 3.70. The SMILES string of the molecule is Cc1cc(C(N)=S)nc(Nc2cc(Cl)ccc2Br)n1. The minimum atomic E-state index is 0.235. The molecule has 0 amide bonds. The van der Waals surface area contributed by atoms with Gasteiger partial charge in [-0.3, -0.25) is 0 Å². The van der Waals surface area contributed by atoms with Crippen molar-refractivity contribution in [2.45, 2.75) is 6.92 Å². The van der Waals surface area contributed by atoms with Crippen molar-refractivity contribution in [2.24, 2.45) is 5.73 Å². The predicted molar refractivity (Wildman–Crippen MR) is 85.1 cm³/mol. The second kappa shape index (κ2) is 5.81. The van der Waals surface area contributed by atoms with Crippen molar-refractivity contribution < 1.29 is 0 Å². The molecule has 0 aliphatic heterocycles. The lowest BCUT2D eigenvalue weighted by Crippen LogP contribution is -2.13. The van der Waals surface area contributed by atoms with Gasteiger partial charge in [-0.25, -0.2) is 9.97 Å². The molecule has 19 heavy (non-hydrogen) atoms. The van der Waals surface area contributed by atoms with Crippen molar-refractivity contribution in [3.63, 3.8) is 0 Å². The van der Waals surface area contributed by atoms with Gasteiger partial charge in [0, 0.05) is 15.2 Å². The summed E-state index contributed by atoms with van der Waals surface area (Å²) in [4.78, 5) is 8.76. The molecule has 0 radical (unpaired) electrons. The second-order valence-electron chi connectivity index (χ2n) is 3.83. The molecule has 0 saturated carbocycles. The van der Waals surface area contributed by atoms with Crippen molar-refractivity contribution in [1.29, 1.82) is 0 Å². The zero-order chi connectivity index (χ0) is 14.0. The van der Waals surface area contributed by atoms with Gasteiger partial charge in [-0.05, 0) is 47.1 Å². The molecule has 1 heterocycles. The van der Waals surface area contributed by atoms with E-state index in [1.54, 1.807) is 18.2 Å². The number of hydrogen-bond donors (Lipinski definition) is 2. The van der Waals surface area contributed by atoms with Gasteiger partial charge >= 0.3 is 0 Å².